The van der Waals surface area contributed by atoms with Crippen molar-refractivity contribution < 1.29 is 23.8 Å². The lowest BCUT2D eigenvalue weighted by atomic mass is 10.1. The van der Waals surface area contributed by atoms with Crippen LogP contribution in [0.1, 0.15) is 32.4 Å². The van der Waals surface area contributed by atoms with Gasteiger partial charge in [-0.1, -0.05) is 18.2 Å². The molecular formula is C18H16FNO4. The molecule has 0 aromatic heterocycles. The molecule has 0 spiro atoms. The van der Waals surface area contributed by atoms with Crippen molar-refractivity contribution in [2.75, 3.05) is 19.7 Å². The number of rotatable bonds is 3. The average molecular weight is 329 g/mol. The first-order valence-corrected chi connectivity index (χ1v) is 7.54. The zero-order valence-corrected chi connectivity index (χ0v) is 12.8. The van der Waals surface area contributed by atoms with E-state index in [-0.39, 0.29) is 17.3 Å². The van der Waals surface area contributed by atoms with E-state index in [1.807, 2.05) is 0 Å². The van der Waals surface area contributed by atoms with Gasteiger partial charge in [-0.2, -0.15) is 0 Å². The van der Waals surface area contributed by atoms with Crippen LogP contribution in [-0.4, -0.2) is 41.6 Å². The normalized spacial score (nSPS) is 17.5. The molecular weight excluding hydrogens is 313 g/mol. The van der Waals surface area contributed by atoms with Gasteiger partial charge < -0.3 is 14.7 Å². The molecule has 1 aliphatic heterocycles. The Labute approximate surface area is 138 Å². The van der Waals surface area contributed by atoms with Crippen molar-refractivity contribution in [2.24, 2.45) is 0 Å². The number of nitrogens with zero attached hydrogens (tertiary/aromatic N) is 1. The zero-order valence-electron chi connectivity index (χ0n) is 12.8. The van der Waals surface area contributed by atoms with Crippen molar-refractivity contribution in [3.05, 3.63) is 71.0 Å². The number of carboxylic acids is 1. The van der Waals surface area contributed by atoms with Gasteiger partial charge >= 0.3 is 5.97 Å². The number of carboxylic acid groups (broad SMARTS) is 1. The van der Waals surface area contributed by atoms with Crippen molar-refractivity contribution in [1.29, 1.82) is 0 Å². The second-order valence-corrected chi connectivity index (χ2v) is 5.55. The summed E-state index contributed by atoms with van der Waals surface area (Å²) in [5.74, 6) is -1.69. The third-order valence-electron chi connectivity index (χ3n) is 3.93. The van der Waals surface area contributed by atoms with Gasteiger partial charge in [-0.05, 0) is 35.9 Å². The van der Waals surface area contributed by atoms with Gasteiger partial charge in [0.1, 0.15) is 11.9 Å². The highest BCUT2D eigenvalue weighted by Gasteiger charge is 2.26. The second-order valence-electron chi connectivity index (χ2n) is 5.55. The van der Waals surface area contributed by atoms with E-state index in [2.05, 4.69) is 0 Å². The average Bonchev–Trinajstić information content (AvgIpc) is 2.61. The number of aromatic carboxylic acids is 1. The van der Waals surface area contributed by atoms with Crippen LogP contribution >= 0.6 is 0 Å². The molecule has 2 aromatic carbocycles. The standard InChI is InChI=1S/C18H16FNO4/c19-15-6-2-3-12(10-15)16-11-20(7-8-24-16)17(21)13-4-1-5-14(9-13)18(22)23/h1-6,9-10,16H,7-8,11H2,(H,22,23)/t16-/m0/s1. The molecule has 0 radical (unpaired) electrons. The van der Waals surface area contributed by atoms with Gasteiger partial charge in [0.25, 0.3) is 5.91 Å². The number of morpholine rings is 1. The van der Waals surface area contributed by atoms with E-state index in [0.717, 1.165) is 0 Å². The quantitative estimate of drug-likeness (QED) is 0.940. The highest BCUT2D eigenvalue weighted by Crippen LogP contribution is 2.24. The summed E-state index contributed by atoms with van der Waals surface area (Å²) in [6.45, 7) is 1.03. The highest BCUT2D eigenvalue weighted by molar-refractivity contribution is 5.97. The molecule has 5 nitrogen and oxygen atoms in total. The Morgan fingerprint density at radius 3 is 2.62 bits per heavy atom. The number of ether oxygens (including phenoxy) is 1. The molecule has 1 amide bonds. The Bertz CT molecular complexity index is 777. The summed E-state index contributed by atoms with van der Waals surface area (Å²) < 4.78 is 19.0. The molecule has 24 heavy (non-hydrogen) atoms. The van der Waals surface area contributed by atoms with E-state index in [4.69, 9.17) is 9.84 Å². The molecule has 0 aliphatic carbocycles. The zero-order chi connectivity index (χ0) is 17.1. The lowest BCUT2D eigenvalue weighted by Gasteiger charge is -2.33. The van der Waals surface area contributed by atoms with Crippen LogP contribution in [0.3, 0.4) is 0 Å². The maximum absolute atomic E-state index is 13.4. The summed E-state index contributed by atoms with van der Waals surface area (Å²) in [5, 5.41) is 9.04. The van der Waals surface area contributed by atoms with E-state index >= 15 is 0 Å². The van der Waals surface area contributed by atoms with Crippen molar-refractivity contribution in [1.82, 2.24) is 4.90 Å². The van der Waals surface area contributed by atoms with Gasteiger partial charge in [0.2, 0.25) is 0 Å². The molecule has 0 bridgehead atoms. The van der Waals surface area contributed by atoms with E-state index in [1.54, 1.807) is 29.2 Å². The van der Waals surface area contributed by atoms with Crippen molar-refractivity contribution in [2.45, 2.75) is 6.10 Å². The third-order valence-corrected chi connectivity index (χ3v) is 3.93. The van der Waals surface area contributed by atoms with Crippen molar-refractivity contribution in [3.8, 4) is 0 Å². The first-order chi connectivity index (χ1) is 11.5. The van der Waals surface area contributed by atoms with E-state index in [1.165, 1.54) is 24.3 Å². The molecule has 0 unspecified atom stereocenters. The van der Waals surface area contributed by atoms with Crippen LogP contribution in [0, 0.1) is 5.82 Å². The Kier molecular flexibility index (Phi) is 4.57. The number of amides is 1. The van der Waals surface area contributed by atoms with Crippen LogP contribution in [-0.2, 0) is 4.74 Å². The molecule has 2 aromatic rings. The molecule has 124 valence electrons. The first kappa shape index (κ1) is 16.1. The first-order valence-electron chi connectivity index (χ1n) is 7.54. The predicted molar refractivity (Wildman–Crippen MR) is 84.4 cm³/mol. The number of hydrogen-bond acceptors (Lipinski definition) is 3. The lowest BCUT2D eigenvalue weighted by Crippen LogP contribution is -2.42. The van der Waals surface area contributed by atoms with Crippen molar-refractivity contribution in [3.63, 3.8) is 0 Å². The smallest absolute Gasteiger partial charge is 0.335 e. The van der Waals surface area contributed by atoms with Crippen molar-refractivity contribution >= 4 is 11.9 Å². The summed E-state index contributed by atoms with van der Waals surface area (Å²) in [6, 6.07) is 12.0. The molecule has 3 rings (SSSR count). The van der Waals surface area contributed by atoms with Crippen LogP contribution in [0.4, 0.5) is 4.39 Å². The fourth-order valence-corrected chi connectivity index (χ4v) is 2.71. The summed E-state index contributed by atoms with van der Waals surface area (Å²) in [4.78, 5) is 25.3. The van der Waals surface area contributed by atoms with Crippen LogP contribution in [0.15, 0.2) is 48.5 Å². The van der Waals surface area contributed by atoms with Crippen LogP contribution < -0.4 is 0 Å². The van der Waals surface area contributed by atoms with Crippen LogP contribution in [0.5, 0.6) is 0 Å². The maximum Gasteiger partial charge on any atom is 0.335 e. The van der Waals surface area contributed by atoms with E-state index in [9.17, 15) is 14.0 Å². The monoisotopic (exact) mass is 329 g/mol. The minimum Gasteiger partial charge on any atom is -0.478 e. The molecule has 1 atom stereocenters. The van der Waals surface area contributed by atoms with Crippen LogP contribution in [0.25, 0.3) is 0 Å². The van der Waals surface area contributed by atoms with Gasteiger partial charge in [-0.15, -0.1) is 0 Å². The highest BCUT2D eigenvalue weighted by atomic mass is 19.1. The SMILES string of the molecule is O=C(O)c1cccc(C(=O)N2CCO[C@H](c3cccc(F)c3)C2)c1. The summed E-state index contributed by atoms with van der Waals surface area (Å²) in [6.07, 6.45) is -0.402. The molecule has 1 fully saturated rings. The Morgan fingerprint density at radius 2 is 1.88 bits per heavy atom. The van der Waals surface area contributed by atoms with Gasteiger partial charge in [-0.25, -0.2) is 9.18 Å². The molecule has 6 heteroatoms. The lowest BCUT2D eigenvalue weighted by molar-refractivity contribution is -0.0229. The largest absolute Gasteiger partial charge is 0.478 e. The molecule has 1 saturated heterocycles. The number of carbonyl (C=O) groups is 2. The fourth-order valence-electron chi connectivity index (χ4n) is 2.71. The molecule has 0 saturated carbocycles. The Hall–Kier alpha value is -2.73. The topological polar surface area (TPSA) is 66.8 Å². The Morgan fingerprint density at radius 1 is 1.12 bits per heavy atom. The van der Waals surface area contributed by atoms with Gasteiger partial charge in [0.05, 0.1) is 18.7 Å². The molecule has 1 aliphatic rings. The van der Waals surface area contributed by atoms with Gasteiger partial charge in [0.15, 0.2) is 0 Å². The second kappa shape index (κ2) is 6.80. The predicted octanol–water partition coefficient (Wildman–Crippen LogP) is 2.74. The maximum atomic E-state index is 13.4. The van der Waals surface area contributed by atoms with E-state index in [0.29, 0.717) is 30.8 Å². The minimum atomic E-state index is -1.08. The summed E-state index contributed by atoms with van der Waals surface area (Å²) in [5.41, 5.74) is 1.05. The minimum absolute atomic E-state index is 0.0655. The number of carbonyl (C=O) groups excluding carboxylic acids is 1. The summed E-state index contributed by atoms with van der Waals surface area (Å²) in [7, 11) is 0. The Balaban J connectivity index is 1.78. The number of benzene rings is 2. The fraction of sp³-hybridized carbons (Fsp3) is 0.222. The number of hydrogen-bond donors (Lipinski definition) is 1. The van der Waals surface area contributed by atoms with Crippen LogP contribution in [0.2, 0.25) is 0 Å². The van der Waals surface area contributed by atoms with Gasteiger partial charge in [-0.3, -0.25) is 4.79 Å². The molecule has 1 heterocycles. The van der Waals surface area contributed by atoms with Gasteiger partial charge in [0, 0.05) is 12.1 Å². The summed E-state index contributed by atoms with van der Waals surface area (Å²) >= 11 is 0. The molecule has 1 N–H and O–H groups in total. The third kappa shape index (κ3) is 3.44. The number of halogens is 1. The van der Waals surface area contributed by atoms with E-state index < -0.39 is 12.1 Å².